The number of nitrogens with one attached hydrogen (secondary N) is 1. The van der Waals surface area contributed by atoms with Crippen LogP contribution in [0.2, 0.25) is 0 Å². The number of nitrogens with zero attached hydrogens (tertiary/aromatic N) is 1. The standard InChI is InChI=1S/C44H86N2O5/c1-6-10-13-17-24-32-41(30-9-4)50-43(48)34-25-18-15-20-27-37-46(39-29-36-45-40(5)47)38-28-21-16-19-26-35-44(49)51-42(31-22-12-8-3)33-23-14-11-7-2/h41-42H,6-39H2,1-5H3,(H,45,47). The predicted octanol–water partition coefficient (Wildman–Crippen LogP) is 12.0. The van der Waals surface area contributed by atoms with Crippen LogP contribution in [-0.2, 0) is 23.9 Å². The molecular formula is C44H86N2O5. The van der Waals surface area contributed by atoms with Crippen molar-refractivity contribution in [2.45, 2.75) is 239 Å². The van der Waals surface area contributed by atoms with Crippen molar-refractivity contribution in [1.29, 1.82) is 0 Å². The van der Waals surface area contributed by atoms with Gasteiger partial charge in [0.2, 0.25) is 5.91 Å². The molecule has 302 valence electrons. The van der Waals surface area contributed by atoms with Crippen molar-refractivity contribution in [2.24, 2.45) is 0 Å². The van der Waals surface area contributed by atoms with Crippen LogP contribution in [0.1, 0.15) is 227 Å². The summed E-state index contributed by atoms with van der Waals surface area (Å²) in [5, 5.41) is 2.93. The highest BCUT2D eigenvalue weighted by atomic mass is 16.5. The first kappa shape index (κ1) is 49.4. The predicted molar refractivity (Wildman–Crippen MR) is 216 cm³/mol. The van der Waals surface area contributed by atoms with Gasteiger partial charge in [0, 0.05) is 26.3 Å². The van der Waals surface area contributed by atoms with Gasteiger partial charge in [-0.05, 0) is 96.7 Å². The highest BCUT2D eigenvalue weighted by Gasteiger charge is 2.15. The molecule has 0 heterocycles. The number of carbonyl (C=O) groups excluding carboxylic acids is 3. The van der Waals surface area contributed by atoms with E-state index in [0.717, 1.165) is 110 Å². The van der Waals surface area contributed by atoms with Gasteiger partial charge in [-0.25, -0.2) is 0 Å². The van der Waals surface area contributed by atoms with E-state index in [9.17, 15) is 14.4 Å². The van der Waals surface area contributed by atoms with E-state index in [-0.39, 0.29) is 30.1 Å². The van der Waals surface area contributed by atoms with Gasteiger partial charge < -0.3 is 19.7 Å². The maximum absolute atomic E-state index is 12.6. The van der Waals surface area contributed by atoms with Gasteiger partial charge in [-0.15, -0.1) is 0 Å². The first-order chi connectivity index (χ1) is 24.9. The Bertz CT molecular complexity index is 791. The Kier molecular flexibility index (Phi) is 36.9. The summed E-state index contributed by atoms with van der Waals surface area (Å²) >= 11 is 0. The minimum atomic E-state index is -0.00750. The Morgan fingerprint density at radius 3 is 1.31 bits per heavy atom. The maximum atomic E-state index is 12.6. The highest BCUT2D eigenvalue weighted by Crippen LogP contribution is 2.18. The summed E-state index contributed by atoms with van der Waals surface area (Å²) in [6, 6.07) is 0. The van der Waals surface area contributed by atoms with Crippen LogP contribution >= 0.6 is 0 Å². The second-order valence-corrected chi connectivity index (χ2v) is 15.3. The molecule has 0 spiro atoms. The summed E-state index contributed by atoms with van der Waals surface area (Å²) in [6.45, 7) is 14.4. The Labute approximate surface area is 316 Å². The van der Waals surface area contributed by atoms with Crippen molar-refractivity contribution in [2.75, 3.05) is 26.2 Å². The van der Waals surface area contributed by atoms with Crippen LogP contribution in [0, 0.1) is 0 Å². The summed E-state index contributed by atoms with van der Waals surface area (Å²) in [5.74, 6) is 0.0323. The molecule has 2 unspecified atom stereocenters. The minimum absolute atomic E-state index is 0.00128. The summed E-state index contributed by atoms with van der Waals surface area (Å²) in [6.07, 6.45) is 33.1. The van der Waals surface area contributed by atoms with Gasteiger partial charge in [0.1, 0.15) is 12.2 Å². The third kappa shape index (κ3) is 35.2. The number of ether oxygens (including phenoxy) is 2. The average molecular weight is 723 g/mol. The molecule has 0 saturated carbocycles. The van der Waals surface area contributed by atoms with Crippen molar-refractivity contribution < 1.29 is 23.9 Å². The molecule has 0 aliphatic rings. The Hall–Kier alpha value is -1.63. The lowest BCUT2D eigenvalue weighted by molar-refractivity contribution is -0.151. The first-order valence-electron chi connectivity index (χ1n) is 22.2. The molecule has 0 radical (unpaired) electrons. The number of carbonyl (C=O) groups is 3. The molecule has 2 atom stereocenters. The van der Waals surface area contributed by atoms with Gasteiger partial charge >= 0.3 is 11.9 Å². The molecule has 0 rings (SSSR count). The van der Waals surface area contributed by atoms with Crippen LogP contribution in [-0.4, -0.2) is 61.1 Å². The van der Waals surface area contributed by atoms with Crippen LogP contribution in [0.15, 0.2) is 0 Å². The monoisotopic (exact) mass is 723 g/mol. The van der Waals surface area contributed by atoms with Crippen LogP contribution in [0.4, 0.5) is 0 Å². The van der Waals surface area contributed by atoms with Crippen LogP contribution < -0.4 is 5.32 Å². The number of unbranched alkanes of at least 4 members (excludes halogenated alkanes) is 17. The zero-order chi connectivity index (χ0) is 37.6. The molecule has 0 aromatic rings. The van der Waals surface area contributed by atoms with Gasteiger partial charge in [-0.1, -0.05) is 130 Å². The number of rotatable bonds is 39. The van der Waals surface area contributed by atoms with E-state index in [4.69, 9.17) is 9.47 Å². The van der Waals surface area contributed by atoms with Crippen molar-refractivity contribution >= 4 is 17.8 Å². The van der Waals surface area contributed by atoms with E-state index < -0.39 is 0 Å². The van der Waals surface area contributed by atoms with Crippen LogP contribution in [0.5, 0.6) is 0 Å². The Morgan fingerprint density at radius 1 is 0.451 bits per heavy atom. The lowest BCUT2D eigenvalue weighted by atomic mass is 10.0. The Balaban J connectivity index is 4.28. The quantitative estimate of drug-likeness (QED) is 0.0502. The summed E-state index contributed by atoms with van der Waals surface area (Å²) < 4.78 is 11.8. The molecular weight excluding hydrogens is 636 g/mol. The lowest BCUT2D eigenvalue weighted by Crippen LogP contribution is -2.30. The van der Waals surface area contributed by atoms with E-state index in [0.29, 0.717) is 12.8 Å². The fourth-order valence-corrected chi connectivity index (χ4v) is 6.90. The summed E-state index contributed by atoms with van der Waals surface area (Å²) in [7, 11) is 0. The van der Waals surface area contributed by atoms with E-state index in [1.807, 2.05) is 0 Å². The fourth-order valence-electron chi connectivity index (χ4n) is 6.90. The smallest absolute Gasteiger partial charge is 0.306 e. The van der Waals surface area contributed by atoms with Crippen molar-refractivity contribution in [1.82, 2.24) is 10.2 Å². The molecule has 51 heavy (non-hydrogen) atoms. The van der Waals surface area contributed by atoms with Gasteiger partial charge in [0.25, 0.3) is 0 Å². The molecule has 1 N–H and O–H groups in total. The minimum Gasteiger partial charge on any atom is -0.462 e. The van der Waals surface area contributed by atoms with Crippen molar-refractivity contribution in [3.8, 4) is 0 Å². The van der Waals surface area contributed by atoms with Gasteiger partial charge in [0.15, 0.2) is 0 Å². The molecule has 0 aromatic carbocycles. The van der Waals surface area contributed by atoms with Gasteiger partial charge in [-0.2, -0.15) is 0 Å². The fraction of sp³-hybridized carbons (Fsp3) is 0.932. The summed E-state index contributed by atoms with van der Waals surface area (Å²) in [5.41, 5.74) is 0. The Morgan fingerprint density at radius 2 is 0.824 bits per heavy atom. The molecule has 7 heteroatoms. The second kappa shape index (κ2) is 38.1. The van der Waals surface area contributed by atoms with Crippen LogP contribution in [0.3, 0.4) is 0 Å². The lowest BCUT2D eigenvalue weighted by Gasteiger charge is -2.22. The van der Waals surface area contributed by atoms with E-state index in [2.05, 4.69) is 37.9 Å². The molecule has 0 aliphatic carbocycles. The number of hydrogen-bond donors (Lipinski definition) is 1. The summed E-state index contributed by atoms with van der Waals surface area (Å²) in [4.78, 5) is 38.9. The largest absolute Gasteiger partial charge is 0.462 e. The topological polar surface area (TPSA) is 84.9 Å². The molecule has 0 fully saturated rings. The van der Waals surface area contributed by atoms with E-state index in [1.54, 1.807) is 6.92 Å². The maximum Gasteiger partial charge on any atom is 0.306 e. The highest BCUT2D eigenvalue weighted by molar-refractivity contribution is 5.72. The zero-order valence-electron chi connectivity index (χ0n) is 34.7. The average Bonchev–Trinajstić information content (AvgIpc) is 3.10. The van der Waals surface area contributed by atoms with Crippen LogP contribution in [0.25, 0.3) is 0 Å². The van der Waals surface area contributed by atoms with Crippen molar-refractivity contribution in [3.63, 3.8) is 0 Å². The zero-order valence-corrected chi connectivity index (χ0v) is 34.7. The molecule has 7 nitrogen and oxygen atoms in total. The number of esters is 2. The molecule has 0 saturated heterocycles. The normalized spacial score (nSPS) is 12.6. The van der Waals surface area contributed by atoms with E-state index in [1.165, 1.54) is 96.3 Å². The van der Waals surface area contributed by atoms with E-state index >= 15 is 0 Å². The third-order valence-electron chi connectivity index (χ3n) is 10.1. The third-order valence-corrected chi connectivity index (χ3v) is 10.1. The number of amides is 1. The van der Waals surface area contributed by atoms with Gasteiger partial charge in [-0.3, -0.25) is 14.4 Å². The molecule has 1 amide bonds. The second-order valence-electron chi connectivity index (χ2n) is 15.3. The first-order valence-corrected chi connectivity index (χ1v) is 22.2. The molecule has 0 bridgehead atoms. The molecule has 0 aliphatic heterocycles. The van der Waals surface area contributed by atoms with Crippen molar-refractivity contribution in [3.05, 3.63) is 0 Å². The van der Waals surface area contributed by atoms with Gasteiger partial charge in [0.05, 0.1) is 0 Å². The number of hydrogen-bond acceptors (Lipinski definition) is 6. The molecule has 0 aromatic heterocycles. The SMILES string of the molecule is CCCCCCCC(CCC)OC(=O)CCCCCCCN(CCCCCCCC(=O)OC(CCCCC)CCCCCC)CCCNC(C)=O.